The van der Waals surface area contributed by atoms with Crippen LogP contribution in [-0.4, -0.2) is 3.26 Å². The molecule has 0 saturated carbocycles. The molecule has 2 aliphatic carbocycles. The van der Waals surface area contributed by atoms with Crippen LogP contribution >= 0.6 is 24.8 Å². The summed E-state index contributed by atoms with van der Waals surface area (Å²) in [5.41, 5.74) is 3.02. The van der Waals surface area contributed by atoms with Gasteiger partial charge in [-0.15, -0.1) is 24.8 Å². The number of halogens is 2. The molecule has 0 saturated heterocycles. The fourth-order valence-corrected chi connectivity index (χ4v) is 14.3. The standard InChI is InChI=1S/C9H7.C5H5.C3H6.2ClH.Hf/c1-2-5-9-7-3-6-8(9)4-1;1-2-4-5-3-1;1-3-2;;;/h1-7H;1-3H,4H2;1-2H3;2*1H;. The van der Waals surface area contributed by atoms with Crippen LogP contribution < -0.4 is 0 Å². The second-order valence-corrected chi connectivity index (χ2v) is 16.3. The van der Waals surface area contributed by atoms with Crippen molar-refractivity contribution in [2.45, 2.75) is 23.9 Å². The minimum Gasteiger partial charge on any atom is -0.147 e. The van der Waals surface area contributed by atoms with E-state index in [9.17, 15) is 0 Å². The van der Waals surface area contributed by atoms with E-state index in [0.29, 0.717) is 0 Å². The fraction of sp³-hybridized carbons (Fsp3) is 0.235. The van der Waals surface area contributed by atoms with E-state index in [1.807, 2.05) is 0 Å². The van der Waals surface area contributed by atoms with Crippen molar-refractivity contribution >= 4 is 34.1 Å². The zero-order valence-corrected chi connectivity index (χ0v) is 17.0. The molecule has 0 bridgehead atoms. The number of rotatable bonds is 2. The molecule has 1 atom stereocenters. The molecule has 0 N–H and O–H groups in total. The third-order valence-electron chi connectivity index (χ3n) is 3.77. The van der Waals surface area contributed by atoms with Crippen LogP contribution in [0.3, 0.4) is 0 Å². The second-order valence-electron chi connectivity index (χ2n) is 5.20. The molecule has 0 spiro atoms. The van der Waals surface area contributed by atoms with Gasteiger partial charge in [-0.25, -0.2) is 0 Å². The fourth-order valence-electron chi connectivity index (χ4n) is 2.98. The first kappa shape index (κ1) is 17.8. The number of hydrogen-bond acceptors (Lipinski definition) is 0. The van der Waals surface area contributed by atoms with Gasteiger partial charge >= 0.3 is 117 Å². The Hall–Kier alpha value is -0.240. The van der Waals surface area contributed by atoms with Gasteiger partial charge in [-0.3, -0.25) is 0 Å². The normalized spacial score (nSPS) is 17.9. The minimum absolute atomic E-state index is 0. The third kappa shape index (κ3) is 3.32. The second kappa shape index (κ2) is 7.68. The summed E-state index contributed by atoms with van der Waals surface area (Å²) >= 11 is -1.86. The summed E-state index contributed by atoms with van der Waals surface area (Å²) in [6.45, 7) is 4.71. The van der Waals surface area contributed by atoms with Gasteiger partial charge in [0.1, 0.15) is 0 Å². The SMILES string of the molecule is C[C](C)=[Hf]([C]1=CC=CC1)[CH]1C=Cc2ccccc21.Cl.Cl. The average Bonchev–Trinajstić information content (AvgIpc) is 3.00. The Morgan fingerprint density at radius 2 is 1.90 bits per heavy atom. The van der Waals surface area contributed by atoms with E-state index in [4.69, 9.17) is 0 Å². The Kier molecular flexibility index (Phi) is 6.84. The smallest absolute Gasteiger partial charge is 0.147 e. The monoisotopic (exact) mass is 474 g/mol. The van der Waals surface area contributed by atoms with E-state index in [1.165, 1.54) is 12.0 Å². The van der Waals surface area contributed by atoms with Crippen molar-refractivity contribution in [3.63, 3.8) is 0 Å². The van der Waals surface area contributed by atoms with Crippen LogP contribution in [0.25, 0.3) is 6.08 Å². The Morgan fingerprint density at radius 1 is 1.15 bits per heavy atom. The zero-order valence-electron chi connectivity index (χ0n) is 11.8. The molecule has 0 aliphatic heterocycles. The largest absolute Gasteiger partial charge is 0.147 e. The Balaban J connectivity index is 0.000001000. The van der Waals surface area contributed by atoms with Crippen molar-refractivity contribution in [2.75, 3.05) is 0 Å². The van der Waals surface area contributed by atoms with Gasteiger partial charge in [0.2, 0.25) is 0 Å². The summed E-state index contributed by atoms with van der Waals surface area (Å²) in [6, 6.07) is 8.92. The van der Waals surface area contributed by atoms with Gasteiger partial charge in [-0.1, -0.05) is 0 Å². The summed E-state index contributed by atoms with van der Waals surface area (Å²) in [5.74, 6) is 0. The van der Waals surface area contributed by atoms with Crippen LogP contribution in [0.5, 0.6) is 0 Å². The topological polar surface area (TPSA) is 0 Å². The van der Waals surface area contributed by atoms with E-state index >= 15 is 0 Å². The first-order valence-electron chi connectivity index (χ1n) is 6.58. The number of hydrogen-bond donors (Lipinski definition) is 0. The summed E-state index contributed by atoms with van der Waals surface area (Å²) in [5, 5.41) is 0. The zero-order chi connectivity index (χ0) is 12.5. The molecule has 0 radical (unpaired) electrons. The summed E-state index contributed by atoms with van der Waals surface area (Å²) < 4.78 is 4.23. The third-order valence-corrected chi connectivity index (χ3v) is 15.5. The van der Waals surface area contributed by atoms with Crippen molar-refractivity contribution < 1.29 is 21.0 Å². The van der Waals surface area contributed by atoms with Gasteiger partial charge < -0.3 is 0 Å². The van der Waals surface area contributed by atoms with Crippen LogP contribution in [0.2, 0.25) is 0 Å². The minimum atomic E-state index is -1.86. The Morgan fingerprint density at radius 3 is 2.55 bits per heavy atom. The Bertz CT molecular complexity index is 605. The van der Waals surface area contributed by atoms with Crippen LogP contribution in [-0.2, 0) is 21.0 Å². The Labute approximate surface area is 141 Å². The van der Waals surface area contributed by atoms with Crippen LogP contribution in [0.4, 0.5) is 0 Å². The molecule has 3 heteroatoms. The van der Waals surface area contributed by atoms with E-state index in [2.05, 4.69) is 68.5 Å². The van der Waals surface area contributed by atoms with E-state index in [1.54, 1.807) is 12.1 Å². The van der Waals surface area contributed by atoms with Crippen molar-refractivity contribution in [2.24, 2.45) is 0 Å². The molecule has 0 heterocycles. The molecule has 1 aromatic rings. The molecule has 1 unspecified atom stereocenters. The van der Waals surface area contributed by atoms with Crippen LogP contribution in [0.15, 0.2) is 51.9 Å². The van der Waals surface area contributed by atoms with Gasteiger partial charge in [0.05, 0.1) is 0 Å². The summed E-state index contributed by atoms with van der Waals surface area (Å²) in [4.78, 5) is 0. The van der Waals surface area contributed by atoms with Gasteiger partial charge in [0, 0.05) is 0 Å². The number of fused-ring (bicyclic) bond motifs is 1. The van der Waals surface area contributed by atoms with E-state index in [0.717, 1.165) is 3.67 Å². The van der Waals surface area contributed by atoms with Crippen molar-refractivity contribution in [3.05, 3.63) is 63.0 Å². The first-order valence-corrected chi connectivity index (χ1v) is 12.2. The maximum Gasteiger partial charge on any atom is -0.147 e. The van der Waals surface area contributed by atoms with E-state index < -0.39 is 21.0 Å². The maximum absolute atomic E-state index is 2.47. The molecular weight excluding hydrogens is 454 g/mol. The van der Waals surface area contributed by atoms with Crippen molar-refractivity contribution in [3.8, 4) is 0 Å². The van der Waals surface area contributed by atoms with E-state index in [-0.39, 0.29) is 24.8 Å². The molecule has 2 aliphatic rings. The molecule has 0 nitrogen and oxygen atoms in total. The van der Waals surface area contributed by atoms with Crippen LogP contribution in [0.1, 0.15) is 35.1 Å². The van der Waals surface area contributed by atoms with Crippen LogP contribution in [0, 0.1) is 0 Å². The summed E-state index contributed by atoms with van der Waals surface area (Å²) in [6.07, 6.45) is 13.0. The molecule has 0 fully saturated rings. The molecule has 0 amide bonds. The average molecular weight is 474 g/mol. The molecular formula is C17H20Cl2Hf. The predicted octanol–water partition coefficient (Wildman–Crippen LogP) is 5.27. The van der Waals surface area contributed by atoms with Crippen molar-refractivity contribution in [1.29, 1.82) is 0 Å². The van der Waals surface area contributed by atoms with Gasteiger partial charge in [-0.05, 0) is 0 Å². The molecule has 20 heavy (non-hydrogen) atoms. The number of allylic oxidation sites excluding steroid dienone is 5. The number of benzene rings is 1. The van der Waals surface area contributed by atoms with Gasteiger partial charge in [-0.2, -0.15) is 0 Å². The molecule has 1 aromatic carbocycles. The van der Waals surface area contributed by atoms with Gasteiger partial charge in [0.25, 0.3) is 0 Å². The first-order chi connectivity index (χ1) is 8.77. The van der Waals surface area contributed by atoms with Crippen molar-refractivity contribution in [1.82, 2.24) is 0 Å². The predicted molar refractivity (Wildman–Crippen MR) is 90.9 cm³/mol. The quantitative estimate of drug-likeness (QED) is 0.513. The summed E-state index contributed by atoms with van der Waals surface area (Å²) in [7, 11) is 0. The molecule has 0 aromatic heterocycles. The molecule has 106 valence electrons. The molecule has 3 rings (SSSR count). The maximum atomic E-state index is 2.47. The van der Waals surface area contributed by atoms with Gasteiger partial charge in [0.15, 0.2) is 0 Å².